The van der Waals surface area contributed by atoms with Gasteiger partial charge in [-0.2, -0.15) is 9.49 Å². The summed E-state index contributed by atoms with van der Waals surface area (Å²) in [5.74, 6) is -0.328. The maximum atomic E-state index is 15.3. The normalized spacial score (nSPS) is 21.3. The summed E-state index contributed by atoms with van der Waals surface area (Å²) >= 11 is 0. The molecule has 160 valence electrons. The van der Waals surface area contributed by atoms with Gasteiger partial charge in [-0.25, -0.2) is 14.4 Å². The summed E-state index contributed by atoms with van der Waals surface area (Å²) in [6.07, 6.45) is 1.89. The Morgan fingerprint density at radius 2 is 2.10 bits per heavy atom. The molecule has 7 nitrogen and oxygen atoms in total. The van der Waals surface area contributed by atoms with Gasteiger partial charge in [-0.1, -0.05) is 12.1 Å². The molecule has 4 heterocycles. The van der Waals surface area contributed by atoms with Crippen LogP contribution in [0.25, 0.3) is 16.5 Å². The average molecular weight is 423 g/mol. The van der Waals surface area contributed by atoms with E-state index in [9.17, 15) is 4.39 Å². The highest BCUT2D eigenvalue weighted by Crippen LogP contribution is 2.39. The van der Waals surface area contributed by atoms with E-state index in [1.807, 2.05) is 36.9 Å². The van der Waals surface area contributed by atoms with Crippen molar-refractivity contribution in [2.24, 2.45) is 4.99 Å². The second kappa shape index (κ2) is 7.42. The predicted molar refractivity (Wildman–Crippen MR) is 117 cm³/mol. The van der Waals surface area contributed by atoms with Crippen molar-refractivity contribution in [3.8, 4) is 0 Å². The van der Waals surface area contributed by atoms with E-state index in [0.717, 1.165) is 10.9 Å². The number of hydrogen-bond acceptors (Lipinski definition) is 6. The molecule has 0 bridgehead atoms. The van der Waals surface area contributed by atoms with E-state index >= 15 is 4.39 Å². The van der Waals surface area contributed by atoms with Crippen molar-refractivity contribution in [3.05, 3.63) is 59.0 Å². The van der Waals surface area contributed by atoms with E-state index < -0.39 is 18.4 Å². The molecule has 2 unspecified atom stereocenters. The summed E-state index contributed by atoms with van der Waals surface area (Å²) < 4.78 is 30.2. The molecule has 9 heteroatoms. The van der Waals surface area contributed by atoms with Crippen LogP contribution in [0.2, 0.25) is 0 Å². The second-order valence-corrected chi connectivity index (χ2v) is 8.11. The summed E-state index contributed by atoms with van der Waals surface area (Å²) in [5, 5.41) is 10.7. The van der Waals surface area contributed by atoms with Crippen LogP contribution in [-0.2, 0) is 6.42 Å². The lowest BCUT2D eigenvalue weighted by Crippen LogP contribution is -2.36. The highest BCUT2D eigenvalue weighted by atomic mass is 19.1. The van der Waals surface area contributed by atoms with Gasteiger partial charge in [0, 0.05) is 41.7 Å². The number of nitrogens with two attached hydrogens (primary N) is 1. The molecule has 0 saturated heterocycles. The zero-order valence-corrected chi connectivity index (χ0v) is 17.2. The number of fused-ring (bicyclic) bond motifs is 2. The maximum absolute atomic E-state index is 15.3. The topological polar surface area (TPSA) is 95.2 Å². The fourth-order valence-electron chi connectivity index (χ4n) is 4.24. The molecule has 0 saturated carbocycles. The van der Waals surface area contributed by atoms with Gasteiger partial charge in [-0.05, 0) is 31.5 Å². The number of hydrogen-bond donors (Lipinski definition) is 3. The molecule has 0 amide bonds. The lowest BCUT2D eigenvalue weighted by Gasteiger charge is -2.37. The van der Waals surface area contributed by atoms with Crippen molar-refractivity contribution in [1.29, 1.82) is 0 Å². The number of H-pyrrole nitrogens is 1. The number of nitrogens with zero attached hydrogens (tertiary/aromatic N) is 4. The van der Waals surface area contributed by atoms with Crippen LogP contribution in [0.1, 0.15) is 48.7 Å². The molecule has 2 aliphatic heterocycles. The average Bonchev–Trinajstić information content (AvgIpc) is 3.20. The van der Waals surface area contributed by atoms with Crippen LogP contribution in [0.4, 0.5) is 14.6 Å². The molecule has 4 N–H and O–H groups in total. The summed E-state index contributed by atoms with van der Waals surface area (Å²) in [4.78, 5) is 10.6. The van der Waals surface area contributed by atoms with Gasteiger partial charge in [0.05, 0.1) is 23.0 Å². The number of benzene rings is 1. The number of allylic oxidation sites excluding steroid dienone is 1. The lowest BCUT2D eigenvalue weighted by atomic mass is 9.95. The number of aromatic nitrogens is 3. The first-order valence-electron chi connectivity index (χ1n) is 10.3. The number of pyridine rings is 1. The van der Waals surface area contributed by atoms with Gasteiger partial charge in [-0.15, -0.1) is 0 Å². The first-order chi connectivity index (χ1) is 14.9. The van der Waals surface area contributed by atoms with Crippen molar-refractivity contribution in [3.63, 3.8) is 0 Å². The Morgan fingerprint density at radius 1 is 1.26 bits per heavy atom. The van der Waals surface area contributed by atoms with Crippen molar-refractivity contribution in [2.45, 2.75) is 38.8 Å². The Labute approximate surface area is 178 Å². The van der Waals surface area contributed by atoms with Gasteiger partial charge < -0.3 is 10.6 Å². The number of aliphatic imine (C=N–C) groups is 1. The number of nitrogen functional groups attached to an aromatic ring is 1. The Kier molecular flexibility index (Phi) is 4.70. The summed E-state index contributed by atoms with van der Waals surface area (Å²) in [6.45, 7) is 4.45. The smallest absolute Gasteiger partial charge is 0.220 e. The first-order valence-corrected chi connectivity index (χ1v) is 10.3. The number of aromatic amines is 1. The minimum absolute atomic E-state index is 0.0209. The summed E-state index contributed by atoms with van der Waals surface area (Å²) in [6, 6.07) is 7.15. The first kappa shape index (κ1) is 19.6. The highest BCUT2D eigenvalue weighted by Gasteiger charge is 2.34. The highest BCUT2D eigenvalue weighted by molar-refractivity contribution is 6.20. The molecule has 2 aromatic heterocycles. The number of rotatable bonds is 3. The van der Waals surface area contributed by atoms with Crippen LogP contribution < -0.4 is 11.1 Å². The van der Waals surface area contributed by atoms with Gasteiger partial charge in [0.2, 0.25) is 5.97 Å². The summed E-state index contributed by atoms with van der Waals surface area (Å²) in [7, 11) is 0. The van der Waals surface area contributed by atoms with Gasteiger partial charge in [0.25, 0.3) is 0 Å². The van der Waals surface area contributed by atoms with E-state index in [2.05, 4.69) is 25.5 Å². The van der Waals surface area contributed by atoms with Crippen LogP contribution >= 0.6 is 0 Å². The van der Waals surface area contributed by atoms with Gasteiger partial charge in [0.15, 0.2) is 12.5 Å². The Hall–Kier alpha value is -3.33. The Balaban J connectivity index is 1.62. The van der Waals surface area contributed by atoms with Gasteiger partial charge >= 0.3 is 0 Å². The Bertz CT molecular complexity index is 1210. The number of nitrogens with one attached hydrogen (secondary N) is 2. The van der Waals surface area contributed by atoms with Crippen LogP contribution in [0.15, 0.2) is 41.7 Å². The standard InChI is InChI=1S/C22H23F2N7/c1-11(2)31-10-15(12-3-4-13-9-27-30-17(13)7-12)20(23)29-22(31)14-8-18(25)28-16-5-6-26-21(24)19(14)16/h3-4,7-11,21-22,26H,5-6H2,1-2H3,(H2,25,28)(H,27,30). The quantitative estimate of drug-likeness (QED) is 0.557. The minimum Gasteiger partial charge on any atom is -0.384 e. The van der Waals surface area contributed by atoms with Crippen LogP contribution in [-0.4, -0.2) is 38.6 Å². The molecular formula is C22H23F2N7. The second-order valence-electron chi connectivity index (χ2n) is 8.11. The predicted octanol–water partition coefficient (Wildman–Crippen LogP) is 3.79. The largest absolute Gasteiger partial charge is 0.384 e. The molecule has 2 atom stereocenters. The zero-order chi connectivity index (χ0) is 21.7. The van der Waals surface area contributed by atoms with Crippen molar-refractivity contribution >= 4 is 28.3 Å². The van der Waals surface area contributed by atoms with E-state index in [1.54, 1.807) is 18.5 Å². The van der Waals surface area contributed by atoms with E-state index in [1.165, 1.54) is 0 Å². The third-order valence-electron chi connectivity index (χ3n) is 5.77. The maximum Gasteiger partial charge on any atom is 0.220 e. The molecule has 3 aromatic rings. The lowest BCUT2D eigenvalue weighted by molar-refractivity contribution is 0.219. The SMILES string of the molecule is CC(C)N1C=C(c2ccc3cn[nH]c3c2)C(F)=NC1c1cc(N)nc2c1C(F)NCC2. The number of anilines is 1. The van der Waals surface area contributed by atoms with Crippen LogP contribution in [0.5, 0.6) is 0 Å². The minimum atomic E-state index is -1.40. The third-order valence-corrected chi connectivity index (χ3v) is 5.77. The van der Waals surface area contributed by atoms with E-state index in [4.69, 9.17) is 5.73 Å². The number of alkyl halides is 1. The molecular weight excluding hydrogens is 400 g/mol. The van der Waals surface area contributed by atoms with Crippen molar-refractivity contribution in [1.82, 2.24) is 25.4 Å². The molecule has 1 aromatic carbocycles. The monoisotopic (exact) mass is 423 g/mol. The fourth-order valence-corrected chi connectivity index (χ4v) is 4.24. The fraction of sp³-hybridized carbons (Fsp3) is 0.318. The molecule has 5 rings (SSSR count). The molecule has 2 aliphatic rings. The van der Waals surface area contributed by atoms with Crippen LogP contribution in [0.3, 0.4) is 0 Å². The molecule has 0 spiro atoms. The molecule has 0 aliphatic carbocycles. The van der Waals surface area contributed by atoms with E-state index in [0.29, 0.717) is 40.9 Å². The van der Waals surface area contributed by atoms with Crippen LogP contribution in [0, 0.1) is 0 Å². The molecule has 0 radical (unpaired) electrons. The molecule has 31 heavy (non-hydrogen) atoms. The van der Waals surface area contributed by atoms with E-state index in [-0.39, 0.29) is 11.9 Å². The third kappa shape index (κ3) is 3.34. The Morgan fingerprint density at radius 3 is 2.90 bits per heavy atom. The van der Waals surface area contributed by atoms with Gasteiger partial charge in [-0.3, -0.25) is 10.4 Å². The molecule has 0 fully saturated rings. The van der Waals surface area contributed by atoms with Crippen molar-refractivity contribution in [2.75, 3.05) is 12.3 Å². The zero-order valence-electron chi connectivity index (χ0n) is 17.2. The van der Waals surface area contributed by atoms with Crippen molar-refractivity contribution < 1.29 is 8.78 Å². The van der Waals surface area contributed by atoms with Gasteiger partial charge in [0.1, 0.15) is 5.82 Å². The number of halogens is 2. The summed E-state index contributed by atoms with van der Waals surface area (Å²) in [5.41, 5.74) is 9.41.